The molecule has 0 atom stereocenters. The van der Waals surface area contributed by atoms with Crippen LogP contribution < -0.4 is 4.74 Å². The zero-order valence-electron chi connectivity index (χ0n) is 15.9. The number of benzene rings is 1. The molecule has 0 spiro atoms. The third-order valence-corrected chi connectivity index (χ3v) is 4.79. The summed E-state index contributed by atoms with van der Waals surface area (Å²) in [5.74, 6) is 1.09. The van der Waals surface area contributed by atoms with E-state index in [1.807, 2.05) is 36.6 Å². The highest BCUT2D eigenvalue weighted by Gasteiger charge is 2.23. The van der Waals surface area contributed by atoms with Crippen LogP contribution in [0.4, 0.5) is 0 Å². The molecule has 0 aliphatic carbocycles. The van der Waals surface area contributed by atoms with E-state index in [4.69, 9.17) is 4.74 Å². The number of ether oxygens (including phenoxy) is 1. The van der Waals surface area contributed by atoms with Crippen molar-refractivity contribution >= 4 is 11.8 Å². The molecule has 1 fully saturated rings. The Labute approximate surface area is 150 Å². The zero-order chi connectivity index (χ0) is 18.4. The van der Waals surface area contributed by atoms with E-state index in [2.05, 4.69) is 6.07 Å². The van der Waals surface area contributed by atoms with Crippen LogP contribution >= 0.6 is 0 Å². The number of aryl methyl sites for hydroxylation is 2. The molecule has 1 aliphatic rings. The lowest BCUT2D eigenvalue weighted by Gasteiger charge is -2.23. The van der Waals surface area contributed by atoms with Crippen LogP contribution in [0.15, 0.2) is 12.1 Å². The van der Waals surface area contributed by atoms with Crippen LogP contribution in [0.2, 0.25) is 0 Å². The maximum atomic E-state index is 12.8. The van der Waals surface area contributed by atoms with Crippen molar-refractivity contribution in [1.82, 2.24) is 9.80 Å². The summed E-state index contributed by atoms with van der Waals surface area (Å²) >= 11 is 0. The first-order valence-electron chi connectivity index (χ1n) is 9.16. The van der Waals surface area contributed by atoms with Gasteiger partial charge in [0.2, 0.25) is 11.8 Å². The standard InChI is InChI=1S/C20H30N2O3/c1-5-7-19(23)21-8-6-9-22(11-10-21)20(24)14-17-16(3)12-15(2)13-18(17)25-4/h12-13H,5-11,14H2,1-4H3. The summed E-state index contributed by atoms with van der Waals surface area (Å²) in [5.41, 5.74) is 3.17. The van der Waals surface area contributed by atoms with E-state index in [0.717, 1.165) is 41.8 Å². The van der Waals surface area contributed by atoms with Crippen molar-refractivity contribution < 1.29 is 14.3 Å². The maximum absolute atomic E-state index is 12.8. The Kier molecular flexibility index (Phi) is 6.85. The molecular weight excluding hydrogens is 316 g/mol. The van der Waals surface area contributed by atoms with Gasteiger partial charge in [-0.05, 0) is 43.9 Å². The lowest BCUT2D eigenvalue weighted by atomic mass is 10.0. The van der Waals surface area contributed by atoms with Crippen molar-refractivity contribution in [2.45, 2.75) is 46.5 Å². The molecule has 0 bridgehead atoms. The molecule has 2 amide bonds. The summed E-state index contributed by atoms with van der Waals surface area (Å²) in [7, 11) is 1.64. The van der Waals surface area contributed by atoms with Crippen LogP contribution in [0, 0.1) is 13.8 Å². The summed E-state index contributed by atoms with van der Waals surface area (Å²) in [6, 6.07) is 4.06. The normalized spacial score (nSPS) is 15.0. The third-order valence-electron chi connectivity index (χ3n) is 4.79. The van der Waals surface area contributed by atoms with Crippen LogP contribution in [0.5, 0.6) is 5.75 Å². The lowest BCUT2D eigenvalue weighted by Crippen LogP contribution is -2.38. The summed E-state index contributed by atoms with van der Waals surface area (Å²) in [6.45, 7) is 8.76. The fourth-order valence-electron chi connectivity index (χ4n) is 3.42. The molecule has 1 saturated heterocycles. The third kappa shape index (κ3) is 4.97. The van der Waals surface area contributed by atoms with Crippen molar-refractivity contribution in [3.8, 4) is 5.75 Å². The van der Waals surface area contributed by atoms with E-state index in [1.54, 1.807) is 7.11 Å². The number of rotatable bonds is 5. The first-order valence-corrected chi connectivity index (χ1v) is 9.16. The minimum absolute atomic E-state index is 0.107. The lowest BCUT2D eigenvalue weighted by molar-refractivity contribution is -0.133. The molecule has 25 heavy (non-hydrogen) atoms. The fraction of sp³-hybridized carbons (Fsp3) is 0.600. The molecule has 138 valence electrons. The van der Waals surface area contributed by atoms with E-state index in [9.17, 15) is 9.59 Å². The van der Waals surface area contributed by atoms with Gasteiger partial charge in [-0.2, -0.15) is 0 Å². The highest BCUT2D eigenvalue weighted by atomic mass is 16.5. The molecule has 1 aromatic carbocycles. The molecular formula is C20H30N2O3. The number of carbonyl (C=O) groups excluding carboxylic acids is 2. The van der Waals surface area contributed by atoms with Gasteiger partial charge in [0.05, 0.1) is 13.5 Å². The van der Waals surface area contributed by atoms with Gasteiger partial charge >= 0.3 is 0 Å². The monoisotopic (exact) mass is 346 g/mol. The van der Waals surface area contributed by atoms with E-state index < -0.39 is 0 Å². The van der Waals surface area contributed by atoms with Crippen LogP contribution in [0.25, 0.3) is 0 Å². The maximum Gasteiger partial charge on any atom is 0.227 e. The van der Waals surface area contributed by atoms with Crippen molar-refractivity contribution in [2.24, 2.45) is 0 Å². The topological polar surface area (TPSA) is 49.9 Å². The molecule has 0 radical (unpaired) electrons. The van der Waals surface area contributed by atoms with Gasteiger partial charge in [-0.25, -0.2) is 0 Å². The Morgan fingerprint density at radius 2 is 1.68 bits per heavy atom. The van der Waals surface area contributed by atoms with Crippen LogP contribution in [0.1, 0.15) is 42.9 Å². The summed E-state index contributed by atoms with van der Waals surface area (Å²) in [6.07, 6.45) is 2.64. The first-order chi connectivity index (χ1) is 12.0. The van der Waals surface area contributed by atoms with E-state index in [1.165, 1.54) is 0 Å². The number of methoxy groups -OCH3 is 1. The van der Waals surface area contributed by atoms with E-state index in [-0.39, 0.29) is 11.8 Å². The molecule has 0 N–H and O–H groups in total. The van der Waals surface area contributed by atoms with Gasteiger partial charge < -0.3 is 14.5 Å². The molecule has 0 aromatic heterocycles. The zero-order valence-corrected chi connectivity index (χ0v) is 15.9. The van der Waals surface area contributed by atoms with Crippen LogP contribution in [-0.2, 0) is 16.0 Å². The second-order valence-electron chi connectivity index (χ2n) is 6.80. The molecule has 0 saturated carbocycles. The quantitative estimate of drug-likeness (QED) is 0.824. The Balaban J connectivity index is 2.03. The van der Waals surface area contributed by atoms with Crippen molar-refractivity contribution in [1.29, 1.82) is 0 Å². The number of nitrogens with zero attached hydrogens (tertiary/aromatic N) is 2. The Bertz CT molecular complexity index is 628. The minimum Gasteiger partial charge on any atom is -0.496 e. The van der Waals surface area contributed by atoms with E-state index in [0.29, 0.717) is 32.5 Å². The molecule has 1 heterocycles. The van der Waals surface area contributed by atoms with E-state index >= 15 is 0 Å². The van der Waals surface area contributed by atoms with Gasteiger partial charge in [-0.1, -0.05) is 13.0 Å². The largest absolute Gasteiger partial charge is 0.496 e. The minimum atomic E-state index is 0.107. The molecule has 2 rings (SSSR count). The van der Waals surface area contributed by atoms with Crippen molar-refractivity contribution in [3.05, 3.63) is 28.8 Å². The summed E-state index contributed by atoms with van der Waals surface area (Å²) in [5, 5.41) is 0. The van der Waals surface area contributed by atoms with Gasteiger partial charge in [0.1, 0.15) is 5.75 Å². The number of hydrogen-bond donors (Lipinski definition) is 0. The Morgan fingerprint density at radius 3 is 2.28 bits per heavy atom. The molecule has 1 aromatic rings. The van der Waals surface area contributed by atoms with Gasteiger partial charge in [-0.15, -0.1) is 0 Å². The number of amides is 2. The predicted octanol–water partition coefficient (Wildman–Crippen LogP) is 2.72. The smallest absolute Gasteiger partial charge is 0.227 e. The molecule has 5 heteroatoms. The van der Waals surface area contributed by atoms with Crippen molar-refractivity contribution in [3.63, 3.8) is 0 Å². The van der Waals surface area contributed by atoms with Gasteiger partial charge in [0, 0.05) is 38.2 Å². The molecule has 5 nitrogen and oxygen atoms in total. The van der Waals surface area contributed by atoms with Crippen LogP contribution in [-0.4, -0.2) is 54.9 Å². The Morgan fingerprint density at radius 1 is 1.04 bits per heavy atom. The average molecular weight is 346 g/mol. The molecule has 1 aliphatic heterocycles. The highest BCUT2D eigenvalue weighted by Crippen LogP contribution is 2.25. The Hall–Kier alpha value is -2.04. The summed E-state index contributed by atoms with van der Waals surface area (Å²) < 4.78 is 5.47. The fourth-order valence-corrected chi connectivity index (χ4v) is 3.42. The predicted molar refractivity (Wildman–Crippen MR) is 98.9 cm³/mol. The summed E-state index contributed by atoms with van der Waals surface area (Å²) in [4.78, 5) is 28.7. The number of hydrogen-bond acceptors (Lipinski definition) is 3. The van der Waals surface area contributed by atoms with Gasteiger partial charge in [0.25, 0.3) is 0 Å². The number of carbonyl (C=O) groups is 2. The first kappa shape index (κ1) is 19.3. The second kappa shape index (κ2) is 8.88. The van der Waals surface area contributed by atoms with Gasteiger partial charge in [0.15, 0.2) is 0 Å². The second-order valence-corrected chi connectivity index (χ2v) is 6.80. The average Bonchev–Trinajstić information content (AvgIpc) is 2.83. The van der Waals surface area contributed by atoms with Crippen molar-refractivity contribution in [2.75, 3.05) is 33.3 Å². The van der Waals surface area contributed by atoms with Crippen LogP contribution in [0.3, 0.4) is 0 Å². The SMILES string of the molecule is CCCC(=O)N1CCCN(C(=O)Cc2c(C)cc(C)cc2OC)CC1. The highest BCUT2D eigenvalue weighted by molar-refractivity contribution is 5.80. The van der Waals surface area contributed by atoms with Gasteiger partial charge in [-0.3, -0.25) is 9.59 Å². The molecule has 0 unspecified atom stereocenters.